The second kappa shape index (κ2) is 6.87. The van der Waals surface area contributed by atoms with Crippen LogP contribution in [0.25, 0.3) is 0 Å². The van der Waals surface area contributed by atoms with Crippen molar-refractivity contribution in [3.63, 3.8) is 0 Å². The Bertz CT molecular complexity index is 796. The lowest BCUT2D eigenvalue weighted by Gasteiger charge is -2.25. The molecule has 23 heavy (non-hydrogen) atoms. The van der Waals surface area contributed by atoms with E-state index >= 15 is 0 Å². The van der Waals surface area contributed by atoms with Crippen molar-refractivity contribution in [2.75, 3.05) is 18.0 Å². The maximum Gasteiger partial charge on any atom is 0.264 e. The van der Waals surface area contributed by atoms with Gasteiger partial charge in [0, 0.05) is 0 Å². The molecule has 0 amide bonds. The van der Waals surface area contributed by atoms with Gasteiger partial charge in [0.1, 0.15) is 5.75 Å². The quantitative estimate of drug-likeness (QED) is 0.758. The largest absolute Gasteiger partial charge is 0.497 e. The minimum absolute atomic E-state index is 0.207. The fraction of sp³-hybridized carbons (Fsp3) is 0.222. The molecule has 0 spiro atoms. The molecule has 0 aliphatic rings. The minimum atomic E-state index is -3.67. The lowest BCUT2D eigenvalue weighted by Crippen LogP contribution is -2.31. The van der Waals surface area contributed by atoms with Crippen molar-refractivity contribution in [3.8, 4) is 5.75 Å². The molecule has 5 heteroatoms. The Balaban J connectivity index is 2.51. The van der Waals surface area contributed by atoms with E-state index < -0.39 is 10.0 Å². The van der Waals surface area contributed by atoms with Crippen LogP contribution in [0.15, 0.2) is 60.0 Å². The summed E-state index contributed by atoms with van der Waals surface area (Å²) < 4.78 is 32.4. The number of ether oxygens (including phenoxy) is 1. The number of nitrogens with zero attached hydrogens (tertiary/aromatic N) is 1. The van der Waals surface area contributed by atoms with E-state index in [0.29, 0.717) is 11.4 Å². The third kappa shape index (κ3) is 3.56. The number of hydrogen-bond donors (Lipinski definition) is 0. The first-order valence-corrected chi connectivity index (χ1v) is 8.69. The third-order valence-corrected chi connectivity index (χ3v) is 5.36. The van der Waals surface area contributed by atoms with Crippen LogP contribution in [0.3, 0.4) is 0 Å². The topological polar surface area (TPSA) is 46.6 Å². The van der Waals surface area contributed by atoms with Crippen LogP contribution < -0.4 is 9.04 Å². The normalized spacial score (nSPS) is 11.1. The molecule has 0 N–H and O–H groups in total. The zero-order valence-corrected chi connectivity index (χ0v) is 14.4. The number of hydrogen-bond acceptors (Lipinski definition) is 3. The van der Waals surface area contributed by atoms with Gasteiger partial charge in [0.25, 0.3) is 10.0 Å². The summed E-state index contributed by atoms with van der Waals surface area (Å²) in [7, 11) is -2.13. The van der Waals surface area contributed by atoms with E-state index in [1.165, 1.54) is 4.31 Å². The molecule has 0 fully saturated rings. The van der Waals surface area contributed by atoms with Gasteiger partial charge in [-0.2, -0.15) is 0 Å². The maximum atomic E-state index is 13.0. The van der Waals surface area contributed by atoms with Crippen molar-refractivity contribution in [2.24, 2.45) is 0 Å². The van der Waals surface area contributed by atoms with Crippen LogP contribution in [0.4, 0.5) is 5.69 Å². The van der Waals surface area contributed by atoms with E-state index in [1.54, 1.807) is 37.5 Å². The molecule has 0 atom stereocenters. The minimum Gasteiger partial charge on any atom is -0.497 e. The van der Waals surface area contributed by atoms with Gasteiger partial charge in [-0.1, -0.05) is 23.8 Å². The molecule has 0 aliphatic carbocycles. The van der Waals surface area contributed by atoms with Crippen LogP contribution >= 0.6 is 0 Å². The van der Waals surface area contributed by atoms with Gasteiger partial charge in [0.15, 0.2) is 0 Å². The molecule has 0 aliphatic heterocycles. The van der Waals surface area contributed by atoms with Gasteiger partial charge in [0.2, 0.25) is 0 Å². The van der Waals surface area contributed by atoms with Crippen molar-refractivity contribution < 1.29 is 13.2 Å². The number of benzene rings is 2. The molecule has 4 nitrogen and oxygen atoms in total. The van der Waals surface area contributed by atoms with Crippen molar-refractivity contribution in [1.82, 2.24) is 0 Å². The van der Waals surface area contributed by atoms with Crippen LogP contribution in [0, 0.1) is 13.8 Å². The van der Waals surface area contributed by atoms with E-state index in [9.17, 15) is 8.42 Å². The van der Waals surface area contributed by atoms with Gasteiger partial charge < -0.3 is 4.74 Å². The highest BCUT2D eigenvalue weighted by molar-refractivity contribution is 7.92. The smallest absolute Gasteiger partial charge is 0.264 e. The molecule has 0 saturated carbocycles. The third-order valence-electron chi connectivity index (χ3n) is 3.56. The maximum absolute atomic E-state index is 13.0. The number of sulfonamides is 1. The van der Waals surface area contributed by atoms with Crippen LogP contribution in [0.1, 0.15) is 11.1 Å². The van der Waals surface area contributed by atoms with Crippen molar-refractivity contribution >= 4 is 15.7 Å². The fourth-order valence-electron chi connectivity index (χ4n) is 2.40. The molecule has 2 aromatic rings. The first-order valence-electron chi connectivity index (χ1n) is 7.25. The predicted molar refractivity (Wildman–Crippen MR) is 93.6 cm³/mol. The van der Waals surface area contributed by atoms with Crippen LogP contribution in [-0.4, -0.2) is 22.1 Å². The second-order valence-corrected chi connectivity index (χ2v) is 7.15. The second-order valence-electron chi connectivity index (χ2n) is 5.29. The average Bonchev–Trinajstić information content (AvgIpc) is 2.53. The standard InChI is InChI=1S/C18H21NO3S/c1-5-12-19(18-11-6-14(2)13-15(18)3)23(20,21)17-9-7-16(22-4)8-10-17/h5-11,13H,1,12H2,2-4H3. The lowest BCUT2D eigenvalue weighted by molar-refractivity contribution is 0.414. The molecule has 2 rings (SSSR count). The highest BCUT2D eigenvalue weighted by Crippen LogP contribution is 2.28. The Hall–Kier alpha value is -2.27. The van der Waals surface area contributed by atoms with Gasteiger partial charge in [-0.25, -0.2) is 8.42 Å². The highest BCUT2D eigenvalue weighted by atomic mass is 32.2. The van der Waals surface area contributed by atoms with Gasteiger partial charge >= 0.3 is 0 Å². The van der Waals surface area contributed by atoms with Gasteiger partial charge in [-0.05, 0) is 49.7 Å². The van der Waals surface area contributed by atoms with E-state index in [4.69, 9.17) is 4.74 Å². The first-order chi connectivity index (χ1) is 10.9. The molecular weight excluding hydrogens is 310 g/mol. The van der Waals surface area contributed by atoms with E-state index in [1.807, 2.05) is 32.0 Å². The number of aryl methyl sites for hydroxylation is 2. The van der Waals surface area contributed by atoms with Gasteiger partial charge in [-0.3, -0.25) is 4.31 Å². The van der Waals surface area contributed by atoms with Crippen LogP contribution in [0.2, 0.25) is 0 Å². The Morgan fingerprint density at radius 1 is 1.13 bits per heavy atom. The Labute approximate surface area is 138 Å². The van der Waals surface area contributed by atoms with Crippen LogP contribution in [0.5, 0.6) is 5.75 Å². The zero-order chi connectivity index (χ0) is 17.0. The molecule has 0 bridgehead atoms. The van der Waals surface area contributed by atoms with E-state index in [0.717, 1.165) is 11.1 Å². The fourth-order valence-corrected chi connectivity index (χ4v) is 3.90. The van der Waals surface area contributed by atoms with Crippen molar-refractivity contribution in [1.29, 1.82) is 0 Å². The number of methoxy groups -OCH3 is 1. The summed E-state index contributed by atoms with van der Waals surface area (Å²) in [6.07, 6.45) is 1.58. The molecule has 0 unspecified atom stereocenters. The summed E-state index contributed by atoms with van der Waals surface area (Å²) in [5.41, 5.74) is 2.65. The molecular formula is C18H21NO3S. The molecule has 0 saturated heterocycles. The van der Waals surface area contributed by atoms with E-state index in [2.05, 4.69) is 6.58 Å². The summed E-state index contributed by atoms with van der Waals surface area (Å²) in [5.74, 6) is 0.616. The van der Waals surface area contributed by atoms with E-state index in [-0.39, 0.29) is 11.4 Å². The lowest BCUT2D eigenvalue weighted by atomic mass is 10.1. The van der Waals surface area contributed by atoms with Gasteiger partial charge in [-0.15, -0.1) is 6.58 Å². The monoisotopic (exact) mass is 331 g/mol. The first kappa shape index (κ1) is 17.1. The Morgan fingerprint density at radius 3 is 2.30 bits per heavy atom. The van der Waals surface area contributed by atoms with Gasteiger partial charge in [0.05, 0.1) is 24.2 Å². The molecule has 122 valence electrons. The Morgan fingerprint density at radius 2 is 1.78 bits per heavy atom. The summed E-state index contributed by atoms with van der Waals surface area (Å²) in [5, 5.41) is 0. The average molecular weight is 331 g/mol. The number of anilines is 1. The van der Waals surface area contributed by atoms with Crippen molar-refractivity contribution in [2.45, 2.75) is 18.7 Å². The molecule has 0 aromatic heterocycles. The number of rotatable bonds is 6. The summed E-state index contributed by atoms with van der Waals surface area (Å²) in [6.45, 7) is 7.77. The SMILES string of the molecule is C=CCN(c1ccc(C)cc1C)S(=O)(=O)c1ccc(OC)cc1. The highest BCUT2D eigenvalue weighted by Gasteiger charge is 2.25. The zero-order valence-electron chi connectivity index (χ0n) is 13.6. The summed E-state index contributed by atoms with van der Waals surface area (Å²) in [6, 6.07) is 12.1. The van der Waals surface area contributed by atoms with Crippen LogP contribution in [-0.2, 0) is 10.0 Å². The summed E-state index contributed by atoms with van der Waals surface area (Å²) in [4.78, 5) is 0.222. The molecule has 0 heterocycles. The predicted octanol–water partition coefficient (Wildman–Crippen LogP) is 3.69. The molecule has 2 aromatic carbocycles. The Kier molecular flexibility index (Phi) is 5.11. The molecule has 0 radical (unpaired) electrons. The van der Waals surface area contributed by atoms with Crippen molar-refractivity contribution in [3.05, 3.63) is 66.2 Å². The summed E-state index contributed by atoms with van der Waals surface area (Å²) >= 11 is 0.